The fraction of sp³-hybridized carbons (Fsp3) is 0.600. The largest absolute Gasteiger partial charge is 0.480 e. The van der Waals surface area contributed by atoms with E-state index in [9.17, 15) is 39.7 Å². The van der Waals surface area contributed by atoms with E-state index in [0.717, 1.165) is 0 Å². The maximum atomic E-state index is 11.9. The first-order valence-corrected chi connectivity index (χ1v) is 9.02. The number of carbonyl (C=O) groups is 3. The number of aromatic nitrogens is 2. The van der Waals surface area contributed by atoms with Gasteiger partial charge in [0.05, 0.1) is 12.0 Å². The number of amides is 2. The molecule has 2 atom stereocenters. The van der Waals surface area contributed by atoms with Crippen molar-refractivity contribution in [2.24, 2.45) is 0 Å². The van der Waals surface area contributed by atoms with Crippen molar-refractivity contribution >= 4 is 17.8 Å². The van der Waals surface area contributed by atoms with Gasteiger partial charge in [-0.25, -0.2) is 9.78 Å². The average molecular weight is 446 g/mol. The van der Waals surface area contributed by atoms with Gasteiger partial charge in [0.25, 0.3) is 10.2 Å². The third-order valence-corrected chi connectivity index (χ3v) is 3.81. The molecule has 2 unspecified atom stereocenters. The minimum Gasteiger partial charge on any atom is -0.480 e. The summed E-state index contributed by atoms with van der Waals surface area (Å²) in [7, 11) is 0. The van der Waals surface area contributed by atoms with E-state index in [1.165, 1.54) is 12.5 Å². The summed E-state index contributed by atoms with van der Waals surface area (Å²) < 4.78 is 0. The van der Waals surface area contributed by atoms with Gasteiger partial charge in [0.2, 0.25) is 11.8 Å². The van der Waals surface area contributed by atoms with Crippen LogP contribution in [0.5, 0.6) is 0 Å². The molecule has 1 aromatic rings. The van der Waals surface area contributed by atoms with Gasteiger partial charge < -0.3 is 30.4 Å². The Morgan fingerprint density at radius 1 is 1.19 bits per heavy atom. The van der Waals surface area contributed by atoms with Crippen molar-refractivity contribution < 1.29 is 39.3 Å². The van der Waals surface area contributed by atoms with Crippen LogP contribution in [0.15, 0.2) is 12.5 Å². The van der Waals surface area contributed by atoms with E-state index in [1.54, 1.807) is 0 Å². The van der Waals surface area contributed by atoms with Crippen molar-refractivity contribution in [1.29, 1.82) is 0 Å². The molecular weight excluding hydrogens is 424 g/mol. The van der Waals surface area contributed by atoms with Crippen molar-refractivity contribution in [3.63, 3.8) is 0 Å². The third kappa shape index (κ3) is 11.6. The van der Waals surface area contributed by atoms with Crippen LogP contribution in [-0.2, 0) is 30.5 Å². The molecule has 1 aromatic heterocycles. The van der Waals surface area contributed by atoms with Gasteiger partial charge in [-0.15, -0.1) is 20.2 Å². The van der Waals surface area contributed by atoms with Gasteiger partial charge in [0, 0.05) is 32.0 Å². The third-order valence-electron chi connectivity index (χ3n) is 3.81. The van der Waals surface area contributed by atoms with Crippen molar-refractivity contribution in [2.75, 3.05) is 13.2 Å². The van der Waals surface area contributed by atoms with E-state index in [0.29, 0.717) is 5.69 Å². The quantitative estimate of drug-likeness (QED) is 0.177. The molecule has 0 saturated heterocycles. The number of hydrogen-bond donors (Lipinski definition) is 4. The number of hydrogen-bond acceptors (Lipinski definition) is 10. The van der Waals surface area contributed by atoms with Gasteiger partial charge in [0.1, 0.15) is 18.8 Å². The molecule has 1 heterocycles. The Labute approximate surface area is 174 Å². The van der Waals surface area contributed by atoms with Crippen LogP contribution in [0.3, 0.4) is 0 Å². The van der Waals surface area contributed by atoms with Gasteiger partial charge in [-0.1, -0.05) is 0 Å². The minimum absolute atomic E-state index is 0.00944. The Balaban J connectivity index is 2.28. The highest BCUT2D eigenvalue weighted by molar-refractivity contribution is 5.84. The first kappa shape index (κ1) is 25.1. The molecule has 4 N–H and O–H groups in total. The lowest BCUT2D eigenvalue weighted by Gasteiger charge is -2.14. The monoisotopic (exact) mass is 446 g/mol. The van der Waals surface area contributed by atoms with E-state index in [-0.39, 0.29) is 38.6 Å². The molecule has 16 heteroatoms. The van der Waals surface area contributed by atoms with Crippen molar-refractivity contribution in [2.45, 2.75) is 44.2 Å². The molecule has 0 aromatic carbocycles. The van der Waals surface area contributed by atoms with E-state index in [2.05, 4.69) is 30.3 Å². The van der Waals surface area contributed by atoms with Gasteiger partial charge in [-0.2, -0.15) is 0 Å². The van der Waals surface area contributed by atoms with Crippen LogP contribution in [0.2, 0.25) is 0 Å². The maximum absolute atomic E-state index is 11.9. The summed E-state index contributed by atoms with van der Waals surface area (Å²) in [6.07, 6.45) is 1.50. The Bertz CT molecular complexity index is 755. The lowest BCUT2D eigenvalue weighted by Crippen LogP contribution is -2.43. The molecule has 0 spiro atoms. The average Bonchev–Trinajstić information content (AvgIpc) is 3.18. The SMILES string of the molecule is O=C(CCCC(CO[N+](=O)[O-])O[N+](=O)[O-])NCCC(=O)NC(Cc1c[nH]cn1)C(=O)O. The molecule has 0 fully saturated rings. The number of rotatable bonds is 16. The molecule has 31 heavy (non-hydrogen) atoms. The number of aliphatic carboxylic acids is 1. The number of carboxylic acid groups (broad SMARTS) is 1. The number of nitrogens with zero attached hydrogens (tertiary/aromatic N) is 3. The normalized spacial score (nSPS) is 12.3. The Morgan fingerprint density at radius 3 is 2.52 bits per heavy atom. The van der Waals surface area contributed by atoms with E-state index in [4.69, 9.17) is 0 Å². The van der Waals surface area contributed by atoms with Gasteiger partial charge in [0.15, 0.2) is 0 Å². The van der Waals surface area contributed by atoms with Gasteiger partial charge in [-0.05, 0) is 12.8 Å². The summed E-state index contributed by atoms with van der Waals surface area (Å²) in [6.45, 7) is -0.711. The first-order valence-electron chi connectivity index (χ1n) is 9.02. The lowest BCUT2D eigenvalue weighted by molar-refractivity contribution is -0.790. The molecule has 0 aliphatic rings. The summed E-state index contributed by atoms with van der Waals surface area (Å²) in [4.78, 5) is 70.3. The van der Waals surface area contributed by atoms with E-state index < -0.39 is 46.7 Å². The number of H-pyrrole nitrogens is 1. The fourth-order valence-electron chi connectivity index (χ4n) is 2.40. The van der Waals surface area contributed by atoms with E-state index >= 15 is 0 Å². The van der Waals surface area contributed by atoms with Gasteiger partial charge in [-0.3, -0.25) is 9.59 Å². The minimum atomic E-state index is -1.23. The zero-order chi connectivity index (χ0) is 23.2. The highest BCUT2D eigenvalue weighted by Gasteiger charge is 2.21. The van der Waals surface area contributed by atoms with Crippen molar-refractivity contribution in [3.8, 4) is 0 Å². The van der Waals surface area contributed by atoms with E-state index in [1.807, 2.05) is 0 Å². The van der Waals surface area contributed by atoms with Crippen LogP contribution in [0.25, 0.3) is 0 Å². The number of carbonyl (C=O) groups excluding carboxylic acids is 2. The van der Waals surface area contributed by atoms with Gasteiger partial charge >= 0.3 is 5.97 Å². The Morgan fingerprint density at radius 2 is 1.94 bits per heavy atom. The Hall–Kier alpha value is -3.98. The predicted octanol–water partition coefficient (Wildman–Crippen LogP) is -1.02. The zero-order valence-corrected chi connectivity index (χ0v) is 16.2. The van der Waals surface area contributed by atoms with Crippen LogP contribution >= 0.6 is 0 Å². The summed E-state index contributed by atoms with van der Waals surface area (Å²) in [6, 6.07) is -1.17. The summed E-state index contributed by atoms with van der Waals surface area (Å²) in [5.74, 6) is -2.28. The highest BCUT2D eigenvalue weighted by atomic mass is 17.0. The molecule has 1 rings (SSSR count). The second-order valence-electron chi connectivity index (χ2n) is 6.19. The van der Waals surface area contributed by atoms with Crippen LogP contribution in [0.4, 0.5) is 0 Å². The van der Waals surface area contributed by atoms with Crippen molar-refractivity contribution in [3.05, 3.63) is 38.4 Å². The maximum Gasteiger partial charge on any atom is 0.326 e. The van der Waals surface area contributed by atoms with Crippen LogP contribution < -0.4 is 10.6 Å². The molecule has 0 radical (unpaired) electrons. The molecule has 172 valence electrons. The first-order chi connectivity index (χ1) is 14.7. The summed E-state index contributed by atoms with van der Waals surface area (Å²) >= 11 is 0. The number of nitrogens with one attached hydrogen (secondary N) is 3. The van der Waals surface area contributed by atoms with Crippen LogP contribution in [-0.4, -0.2) is 68.3 Å². The molecule has 16 nitrogen and oxygen atoms in total. The summed E-state index contributed by atoms with van der Waals surface area (Å²) in [5.41, 5.74) is 0.462. The Kier molecular flexibility index (Phi) is 10.7. The molecule has 0 aliphatic carbocycles. The topological polar surface area (TPSA) is 229 Å². The van der Waals surface area contributed by atoms with Crippen molar-refractivity contribution in [1.82, 2.24) is 20.6 Å². The second kappa shape index (κ2) is 13.3. The highest BCUT2D eigenvalue weighted by Crippen LogP contribution is 2.07. The zero-order valence-electron chi connectivity index (χ0n) is 16.2. The number of carboxylic acids is 1. The lowest BCUT2D eigenvalue weighted by atomic mass is 10.1. The molecule has 2 amide bonds. The summed E-state index contributed by atoms with van der Waals surface area (Å²) in [5, 5.41) is 32.3. The molecule has 0 bridgehead atoms. The molecule has 0 aliphatic heterocycles. The smallest absolute Gasteiger partial charge is 0.326 e. The number of imidazole rings is 1. The molecular formula is C15H22N6O10. The standard InChI is InChI=1S/C15H22N6O10/c22-13(3-1-2-11(31-21(28)29)8-30-20(26)27)17-5-4-14(23)19-12(15(24)25)6-10-7-16-9-18-10/h7,9,11-12H,1-6,8H2,(H,16,18)(H,17,22)(H,19,23)(H,24,25). The second-order valence-corrected chi connectivity index (χ2v) is 6.19. The van der Waals surface area contributed by atoms with Crippen LogP contribution in [0, 0.1) is 20.2 Å². The predicted molar refractivity (Wildman–Crippen MR) is 98.1 cm³/mol. The van der Waals surface area contributed by atoms with Crippen LogP contribution in [0.1, 0.15) is 31.4 Å². The fourth-order valence-corrected chi connectivity index (χ4v) is 2.40. The number of aromatic amines is 1. The molecule has 0 saturated carbocycles.